The number of rotatable bonds is 5. The van der Waals surface area contributed by atoms with E-state index in [2.05, 4.69) is 5.32 Å². The number of aliphatic carboxylic acids is 1. The van der Waals surface area contributed by atoms with Gasteiger partial charge in [-0.25, -0.2) is 0 Å². The van der Waals surface area contributed by atoms with Gasteiger partial charge in [-0.3, -0.25) is 9.59 Å². The minimum Gasteiger partial charge on any atom is -0.480 e. The van der Waals surface area contributed by atoms with Crippen LogP contribution in [0.15, 0.2) is 0 Å². The highest BCUT2D eigenvalue weighted by molar-refractivity contribution is 5.84. The summed E-state index contributed by atoms with van der Waals surface area (Å²) in [6.07, 6.45) is 3.07. The number of carbonyl (C=O) groups excluding carboxylic acids is 1. The van der Waals surface area contributed by atoms with Gasteiger partial charge in [0.1, 0.15) is 6.54 Å². The van der Waals surface area contributed by atoms with E-state index >= 15 is 0 Å². The van der Waals surface area contributed by atoms with E-state index < -0.39 is 5.97 Å². The second-order valence-corrected chi connectivity index (χ2v) is 5.90. The molecule has 18 heavy (non-hydrogen) atoms. The van der Waals surface area contributed by atoms with E-state index in [1.54, 1.807) is 0 Å². The first kappa shape index (κ1) is 13.3. The van der Waals surface area contributed by atoms with E-state index in [9.17, 15) is 9.59 Å². The number of carboxylic acid groups (broad SMARTS) is 1. The summed E-state index contributed by atoms with van der Waals surface area (Å²) in [6, 6.07) is 0.737. The van der Waals surface area contributed by atoms with Gasteiger partial charge in [0.15, 0.2) is 0 Å². The van der Waals surface area contributed by atoms with Crippen molar-refractivity contribution in [3.63, 3.8) is 0 Å². The maximum atomic E-state index is 12.4. The summed E-state index contributed by atoms with van der Waals surface area (Å²) >= 11 is 0. The molecule has 0 aromatic rings. The lowest BCUT2D eigenvalue weighted by atomic mass is 9.88. The summed E-state index contributed by atoms with van der Waals surface area (Å²) in [6.45, 7) is 4.35. The number of nitrogens with zero attached hydrogens (tertiary/aromatic N) is 1. The average Bonchev–Trinajstić information content (AvgIpc) is 2.87. The maximum absolute atomic E-state index is 12.4. The Kier molecular flexibility index (Phi) is 3.90. The van der Waals surface area contributed by atoms with Crippen molar-refractivity contribution in [3.05, 3.63) is 0 Å². The Balaban J connectivity index is 2.00. The van der Waals surface area contributed by atoms with Crippen molar-refractivity contribution in [2.45, 2.75) is 45.2 Å². The van der Waals surface area contributed by atoms with Gasteiger partial charge in [-0.15, -0.1) is 0 Å². The number of nitrogens with one attached hydrogen (secondary N) is 1. The monoisotopic (exact) mass is 254 g/mol. The van der Waals surface area contributed by atoms with E-state index in [-0.39, 0.29) is 24.4 Å². The molecule has 2 saturated heterocycles. The lowest BCUT2D eigenvalue weighted by Crippen LogP contribution is -2.44. The Hall–Kier alpha value is -1.10. The van der Waals surface area contributed by atoms with Crippen LogP contribution >= 0.6 is 0 Å². The van der Waals surface area contributed by atoms with E-state index in [1.165, 1.54) is 4.90 Å². The lowest BCUT2D eigenvalue weighted by molar-refractivity contribution is -0.147. The quantitative estimate of drug-likeness (QED) is 0.757. The van der Waals surface area contributed by atoms with Crippen molar-refractivity contribution < 1.29 is 14.7 Å². The van der Waals surface area contributed by atoms with Crippen LogP contribution in [0, 0.1) is 11.8 Å². The predicted molar refractivity (Wildman–Crippen MR) is 67.1 cm³/mol. The molecular formula is C13H22N2O3. The van der Waals surface area contributed by atoms with Gasteiger partial charge < -0.3 is 15.3 Å². The summed E-state index contributed by atoms with van der Waals surface area (Å²) in [5.41, 5.74) is 0. The summed E-state index contributed by atoms with van der Waals surface area (Å²) in [5, 5.41) is 12.3. The molecule has 0 radical (unpaired) electrons. The fourth-order valence-electron chi connectivity index (χ4n) is 3.17. The van der Waals surface area contributed by atoms with Crippen LogP contribution in [0.2, 0.25) is 0 Å². The summed E-state index contributed by atoms with van der Waals surface area (Å²) < 4.78 is 0. The van der Waals surface area contributed by atoms with Crippen LogP contribution in [-0.4, -0.2) is 47.1 Å². The molecule has 2 N–H and O–H groups in total. The molecule has 3 unspecified atom stereocenters. The number of fused-ring (bicyclic) bond motifs is 2. The van der Waals surface area contributed by atoms with Crippen molar-refractivity contribution in [1.82, 2.24) is 10.2 Å². The molecule has 102 valence electrons. The second-order valence-electron chi connectivity index (χ2n) is 5.90. The first-order chi connectivity index (χ1) is 8.47. The number of hydrogen-bond acceptors (Lipinski definition) is 3. The highest BCUT2D eigenvalue weighted by Crippen LogP contribution is 2.34. The predicted octanol–water partition coefficient (Wildman–Crippen LogP) is 0.696. The molecule has 0 aliphatic carbocycles. The lowest BCUT2D eigenvalue weighted by Gasteiger charge is -2.28. The van der Waals surface area contributed by atoms with Gasteiger partial charge in [-0.1, -0.05) is 13.8 Å². The molecule has 2 fully saturated rings. The zero-order valence-electron chi connectivity index (χ0n) is 11.1. The van der Waals surface area contributed by atoms with E-state index in [0.717, 1.165) is 19.3 Å². The molecule has 2 aliphatic heterocycles. The van der Waals surface area contributed by atoms with Crippen molar-refractivity contribution in [3.8, 4) is 0 Å². The molecule has 5 heteroatoms. The van der Waals surface area contributed by atoms with Gasteiger partial charge in [0.25, 0.3) is 0 Å². The SMILES string of the molecule is CC(C)CN(CC(=O)O)C(=O)C1CC2CCC1N2. The molecule has 2 heterocycles. The molecule has 0 aromatic heterocycles. The van der Waals surface area contributed by atoms with Crippen LogP contribution in [0.3, 0.4) is 0 Å². The highest BCUT2D eigenvalue weighted by atomic mass is 16.4. The molecule has 2 aliphatic rings. The summed E-state index contributed by atoms with van der Waals surface area (Å²) in [5.74, 6) is -0.632. The molecular weight excluding hydrogens is 232 g/mol. The largest absolute Gasteiger partial charge is 0.480 e. The number of carbonyl (C=O) groups is 2. The second kappa shape index (κ2) is 5.26. The molecule has 1 amide bonds. The molecule has 2 bridgehead atoms. The third-order valence-electron chi connectivity index (χ3n) is 3.84. The average molecular weight is 254 g/mol. The Bertz CT molecular complexity index is 343. The van der Waals surface area contributed by atoms with E-state index in [0.29, 0.717) is 18.5 Å². The van der Waals surface area contributed by atoms with Gasteiger partial charge in [0.05, 0.1) is 5.92 Å². The molecule has 2 rings (SSSR count). The third kappa shape index (κ3) is 2.83. The van der Waals surface area contributed by atoms with Gasteiger partial charge >= 0.3 is 5.97 Å². The number of carboxylic acids is 1. The van der Waals surface area contributed by atoms with Crippen molar-refractivity contribution in [2.75, 3.05) is 13.1 Å². The summed E-state index contributed by atoms with van der Waals surface area (Å²) in [7, 11) is 0. The van der Waals surface area contributed by atoms with Crippen LogP contribution in [0.4, 0.5) is 0 Å². The Morgan fingerprint density at radius 2 is 2.11 bits per heavy atom. The van der Waals surface area contributed by atoms with Crippen LogP contribution in [0.5, 0.6) is 0 Å². The minimum absolute atomic E-state index is 0.0122. The molecule has 0 saturated carbocycles. The van der Waals surface area contributed by atoms with Crippen molar-refractivity contribution in [1.29, 1.82) is 0 Å². The van der Waals surface area contributed by atoms with Crippen molar-refractivity contribution >= 4 is 11.9 Å². The standard InChI is InChI=1S/C13H22N2O3/c1-8(2)6-15(7-12(16)17)13(18)10-5-9-3-4-11(10)14-9/h8-11,14H,3-7H2,1-2H3,(H,16,17). The Morgan fingerprint density at radius 1 is 1.39 bits per heavy atom. The topological polar surface area (TPSA) is 69.6 Å². The third-order valence-corrected chi connectivity index (χ3v) is 3.84. The van der Waals surface area contributed by atoms with Crippen LogP contribution < -0.4 is 5.32 Å². The number of hydrogen-bond donors (Lipinski definition) is 2. The zero-order valence-corrected chi connectivity index (χ0v) is 11.1. The zero-order chi connectivity index (χ0) is 13.3. The Morgan fingerprint density at radius 3 is 2.56 bits per heavy atom. The molecule has 0 spiro atoms. The van der Waals surface area contributed by atoms with E-state index in [4.69, 9.17) is 5.11 Å². The Labute approximate surface area is 108 Å². The van der Waals surface area contributed by atoms with Gasteiger partial charge in [0, 0.05) is 18.6 Å². The normalized spacial score (nSPS) is 29.8. The fraction of sp³-hybridized carbons (Fsp3) is 0.846. The van der Waals surface area contributed by atoms with Gasteiger partial charge in [-0.2, -0.15) is 0 Å². The molecule has 5 nitrogen and oxygen atoms in total. The summed E-state index contributed by atoms with van der Waals surface area (Å²) in [4.78, 5) is 24.8. The fourth-order valence-corrected chi connectivity index (χ4v) is 3.17. The molecule has 3 atom stereocenters. The first-order valence-electron chi connectivity index (χ1n) is 6.74. The van der Waals surface area contributed by atoms with Gasteiger partial charge in [-0.05, 0) is 25.2 Å². The number of amides is 1. The van der Waals surface area contributed by atoms with Crippen LogP contribution in [-0.2, 0) is 9.59 Å². The first-order valence-corrected chi connectivity index (χ1v) is 6.74. The van der Waals surface area contributed by atoms with E-state index in [1.807, 2.05) is 13.8 Å². The van der Waals surface area contributed by atoms with Crippen LogP contribution in [0.25, 0.3) is 0 Å². The van der Waals surface area contributed by atoms with Crippen LogP contribution in [0.1, 0.15) is 33.1 Å². The smallest absolute Gasteiger partial charge is 0.323 e. The van der Waals surface area contributed by atoms with Gasteiger partial charge in [0.2, 0.25) is 5.91 Å². The van der Waals surface area contributed by atoms with Crippen molar-refractivity contribution in [2.24, 2.45) is 11.8 Å². The minimum atomic E-state index is -0.930. The highest BCUT2D eigenvalue weighted by Gasteiger charge is 2.44. The maximum Gasteiger partial charge on any atom is 0.323 e. The molecule has 0 aromatic carbocycles.